The number of halogens is 3. The van der Waals surface area contributed by atoms with Crippen LogP contribution in [0.1, 0.15) is 23.4 Å². The van der Waals surface area contributed by atoms with Gasteiger partial charge in [-0.25, -0.2) is 18.1 Å². The molecule has 25 heavy (non-hydrogen) atoms. The van der Waals surface area contributed by atoms with Crippen LogP contribution < -0.4 is 4.72 Å². The fraction of sp³-hybridized carbons (Fsp3) is 0.438. The highest BCUT2D eigenvalue weighted by atomic mass is 32.2. The number of nitrogens with one attached hydrogen (secondary N) is 1. The smallest absolute Gasteiger partial charge is 0.335 e. The van der Waals surface area contributed by atoms with Crippen LogP contribution in [-0.4, -0.2) is 24.5 Å². The summed E-state index contributed by atoms with van der Waals surface area (Å²) in [5, 5.41) is 0. The molecule has 0 spiro atoms. The van der Waals surface area contributed by atoms with E-state index in [1.807, 2.05) is 10.8 Å². The average Bonchev–Trinajstić information content (AvgIpc) is 3.00. The number of hydrogen-bond acceptors (Lipinski definition) is 3. The zero-order chi connectivity index (χ0) is 18.1. The fourth-order valence-corrected chi connectivity index (χ4v) is 4.27. The highest BCUT2D eigenvalue weighted by Gasteiger charge is 2.34. The van der Waals surface area contributed by atoms with Crippen molar-refractivity contribution >= 4 is 10.0 Å². The molecule has 2 aromatic rings. The minimum absolute atomic E-state index is 0.0857. The molecule has 0 radical (unpaired) electrons. The summed E-state index contributed by atoms with van der Waals surface area (Å²) in [6.07, 6.45) is 0.450. The molecular weight excluding hydrogens is 355 g/mol. The van der Waals surface area contributed by atoms with E-state index in [9.17, 15) is 21.6 Å². The van der Waals surface area contributed by atoms with Gasteiger partial charge in [0.15, 0.2) is 0 Å². The Hall–Kier alpha value is -1.87. The van der Waals surface area contributed by atoms with Crippen LogP contribution >= 0.6 is 0 Å². The summed E-state index contributed by atoms with van der Waals surface area (Å²) < 4.78 is 67.9. The number of imidazole rings is 1. The molecule has 1 unspecified atom stereocenters. The number of benzene rings is 1. The second-order valence-corrected chi connectivity index (χ2v) is 7.96. The second kappa shape index (κ2) is 6.80. The van der Waals surface area contributed by atoms with E-state index in [2.05, 4.69) is 9.71 Å². The third-order valence-corrected chi connectivity index (χ3v) is 5.61. The van der Waals surface area contributed by atoms with Crippen LogP contribution in [0.15, 0.2) is 36.7 Å². The summed E-state index contributed by atoms with van der Waals surface area (Å²) >= 11 is 0. The number of hydrogen-bond donors (Lipinski definition) is 1. The summed E-state index contributed by atoms with van der Waals surface area (Å²) in [4.78, 5) is 4.22. The minimum atomic E-state index is -4.58. The molecule has 1 aromatic carbocycles. The maximum Gasteiger partial charge on any atom is 0.416 e. The predicted molar refractivity (Wildman–Crippen MR) is 86.1 cm³/mol. The van der Waals surface area contributed by atoms with E-state index < -0.39 is 27.5 Å². The molecule has 1 atom stereocenters. The molecule has 1 aliphatic rings. The monoisotopic (exact) mass is 373 g/mol. The molecule has 9 heteroatoms. The van der Waals surface area contributed by atoms with Gasteiger partial charge in [-0.15, -0.1) is 0 Å². The quantitative estimate of drug-likeness (QED) is 0.876. The molecule has 3 rings (SSSR count). The van der Waals surface area contributed by atoms with Gasteiger partial charge in [0.1, 0.15) is 5.82 Å². The highest BCUT2D eigenvalue weighted by molar-refractivity contribution is 7.88. The molecule has 1 N–H and O–H groups in total. The number of aryl methyl sites for hydroxylation is 1. The number of fused-ring (bicyclic) bond motifs is 1. The summed E-state index contributed by atoms with van der Waals surface area (Å²) in [5.74, 6) is 0.296. The zero-order valence-electron chi connectivity index (χ0n) is 13.3. The summed E-state index contributed by atoms with van der Waals surface area (Å²) in [5.41, 5.74) is -1.17. The normalized spacial score (nSPS) is 18.1. The van der Waals surface area contributed by atoms with Gasteiger partial charge in [0, 0.05) is 31.9 Å². The molecule has 0 saturated carbocycles. The third-order valence-electron chi connectivity index (χ3n) is 4.31. The molecular formula is C16H18F3N3O2S. The summed E-state index contributed by atoms with van der Waals surface area (Å²) in [6, 6.07) is 4.74. The van der Waals surface area contributed by atoms with Gasteiger partial charge in [-0.2, -0.15) is 13.2 Å². The van der Waals surface area contributed by atoms with Crippen molar-refractivity contribution in [2.24, 2.45) is 5.92 Å². The second-order valence-electron chi connectivity index (χ2n) is 6.16. The van der Waals surface area contributed by atoms with Crippen LogP contribution in [-0.2, 0) is 34.9 Å². The Morgan fingerprint density at radius 1 is 1.28 bits per heavy atom. The Labute approximate surface area is 143 Å². The molecule has 1 aromatic heterocycles. The minimum Gasteiger partial charge on any atom is -0.335 e. The van der Waals surface area contributed by atoms with Crippen LogP contribution in [0.4, 0.5) is 13.2 Å². The molecule has 0 saturated heterocycles. The van der Waals surface area contributed by atoms with Crippen LogP contribution in [0, 0.1) is 5.92 Å². The molecule has 1 aliphatic heterocycles. The molecule has 5 nitrogen and oxygen atoms in total. The number of sulfonamides is 1. The Morgan fingerprint density at radius 2 is 2.04 bits per heavy atom. The van der Waals surface area contributed by atoms with Crippen LogP contribution in [0.25, 0.3) is 0 Å². The van der Waals surface area contributed by atoms with Gasteiger partial charge in [0.2, 0.25) is 10.0 Å². The standard InChI is InChI=1S/C16H18F3N3O2S/c17-16(18,19)14-4-2-1-3-13(14)11-25(23,24)21-10-12-5-7-22-8-6-20-15(22)9-12/h1-4,6,8,12,21H,5,7,9-11H2. The maximum atomic E-state index is 13.0. The van der Waals surface area contributed by atoms with E-state index in [1.54, 1.807) is 6.20 Å². The van der Waals surface area contributed by atoms with Crippen LogP contribution in [0.3, 0.4) is 0 Å². The van der Waals surface area contributed by atoms with Crippen molar-refractivity contribution in [3.05, 3.63) is 53.6 Å². The lowest BCUT2D eigenvalue weighted by atomic mass is 9.98. The van der Waals surface area contributed by atoms with E-state index in [4.69, 9.17) is 0 Å². The first-order valence-corrected chi connectivity index (χ1v) is 9.52. The van der Waals surface area contributed by atoms with Crippen molar-refractivity contribution in [1.82, 2.24) is 14.3 Å². The largest absolute Gasteiger partial charge is 0.416 e. The van der Waals surface area contributed by atoms with E-state index in [1.165, 1.54) is 18.2 Å². The Kier molecular flexibility index (Phi) is 4.88. The van der Waals surface area contributed by atoms with Gasteiger partial charge >= 0.3 is 6.18 Å². The van der Waals surface area contributed by atoms with Crippen molar-refractivity contribution in [3.63, 3.8) is 0 Å². The van der Waals surface area contributed by atoms with Gasteiger partial charge < -0.3 is 4.57 Å². The molecule has 136 valence electrons. The van der Waals surface area contributed by atoms with Gasteiger partial charge in [-0.3, -0.25) is 0 Å². The van der Waals surface area contributed by atoms with E-state index in [0.717, 1.165) is 24.9 Å². The molecule has 0 aliphatic carbocycles. The average molecular weight is 373 g/mol. The van der Waals surface area contributed by atoms with Crippen LogP contribution in [0.5, 0.6) is 0 Å². The molecule has 0 fully saturated rings. The van der Waals surface area contributed by atoms with Crippen molar-refractivity contribution in [1.29, 1.82) is 0 Å². The van der Waals surface area contributed by atoms with E-state index in [0.29, 0.717) is 6.42 Å². The first kappa shape index (κ1) is 17.9. The van der Waals surface area contributed by atoms with Gasteiger partial charge in [-0.1, -0.05) is 18.2 Å². The van der Waals surface area contributed by atoms with Gasteiger partial charge in [-0.05, 0) is 24.0 Å². The Morgan fingerprint density at radius 3 is 2.80 bits per heavy atom. The number of rotatable bonds is 5. The predicted octanol–water partition coefficient (Wildman–Crippen LogP) is 2.58. The van der Waals surface area contributed by atoms with Crippen molar-refractivity contribution in [2.45, 2.75) is 31.3 Å². The Balaban J connectivity index is 1.64. The highest BCUT2D eigenvalue weighted by Crippen LogP contribution is 2.32. The number of alkyl halides is 3. The van der Waals surface area contributed by atoms with E-state index in [-0.39, 0.29) is 18.0 Å². The van der Waals surface area contributed by atoms with Crippen molar-refractivity contribution in [3.8, 4) is 0 Å². The van der Waals surface area contributed by atoms with Gasteiger partial charge in [0.25, 0.3) is 0 Å². The lowest BCUT2D eigenvalue weighted by Gasteiger charge is -2.23. The lowest BCUT2D eigenvalue weighted by molar-refractivity contribution is -0.138. The van der Waals surface area contributed by atoms with Crippen molar-refractivity contribution < 1.29 is 21.6 Å². The number of nitrogens with zero attached hydrogens (tertiary/aromatic N) is 2. The van der Waals surface area contributed by atoms with Gasteiger partial charge in [0.05, 0.1) is 11.3 Å². The maximum absolute atomic E-state index is 13.0. The van der Waals surface area contributed by atoms with Crippen molar-refractivity contribution in [2.75, 3.05) is 6.54 Å². The molecule has 0 amide bonds. The topological polar surface area (TPSA) is 64.0 Å². The summed E-state index contributed by atoms with van der Waals surface area (Å²) in [6.45, 7) is 0.960. The number of aromatic nitrogens is 2. The lowest BCUT2D eigenvalue weighted by Crippen LogP contribution is -2.34. The molecule has 0 bridgehead atoms. The fourth-order valence-electron chi connectivity index (χ4n) is 3.01. The van der Waals surface area contributed by atoms with E-state index >= 15 is 0 Å². The Bertz CT molecular complexity index is 846. The SMILES string of the molecule is O=S(=O)(Cc1ccccc1C(F)(F)F)NCC1CCn2ccnc2C1. The molecule has 2 heterocycles. The first-order chi connectivity index (χ1) is 11.7. The van der Waals surface area contributed by atoms with Crippen LogP contribution in [0.2, 0.25) is 0 Å². The first-order valence-electron chi connectivity index (χ1n) is 7.87. The third kappa shape index (κ3) is 4.40. The zero-order valence-corrected chi connectivity index (χ0v) is 14.1. The summed E-state index contributed by atoms with van der Waals surface area (Å²) in [7, 11) is -3.86.